The number of aromatic nitrogens is 9. The Kier molecular flexibility index (Phi) is 12.5. The number of nitrogens with zero attached hydrogens (tertiary/aromatic N) is 10. The Hall–Kier alpha value is -6.73. The minimum atomic E-state index is -0.661. The van der Waals surface area contributed by atoms with Gasteiger partial charge < -0.3 is 25.5 Å². The van der Waals surface area contributed by atoms with Gasteiger partial charge >= 0.3 is 0 Å². The summed E-state index contributed by atoms with van der Waals surface area (Å²) in [6.45, 7) is 13.2. The van der Waals surface area contributed by atoms with Crippen molar-refractivity contribution in [3.8, 4) is 5.75 Å². The molecule has 1 aliphatic heterocycles. The molecule has 7 rings (SSSR count). The van der Waals surface area contributed by atoms with E-state index in [9.17, 15) is 19.2 Å². The maximum atomic E-state index is 13.9. The number of carbonyl (C=O) groups is 4. The van der Waals surface area contributed by atoms with Crippen molar-refractivity contribution < 1.29 is 28.7 Å². The van der Waals surface area contributed by atoms with E-state index in [1.165, 1.54) is 12.3 Å². The first-order chi connectivity index (χ1) is 28.9. The van der Waals surface area contributed by atoms with Gasteiger partial charge in [-0.1, -0.05) is 12.2 Å². The van der Waals surface area contributed by atoms with Crippen LogP contribution >= 0.6 is 0 Å². The summed E-state index contributed by atoms with van der Waals surface area (Å²) in [5.41, 5.74) is 15.8. The van der Waals surface area contributed by atoms with E-state index in [1.54, 1.807) is 38.2 Å². The Morgan fingerprint density at radius 2 is 1.48 bits per heavy atom. The average Bonchev–Trinajstić information content (AvgIpc) is 4.00. The highest BCUT2D eigenvalue weighted by molar-refractivity contribution is 6.03. The van der Waals surface area contributed by atoms with Gasteiger partial charge in [0.15, 0.2) is 11.4 Å². The van der Waals surface area contributed by atoms with Gasteiger partial charge in [-0.3, -0.25) is 43.3 Å². The number of nitrogens with two attached hydrogens (primary N) is 2. The lowest BCUT2D eigenvalue weighted by molar-refractivity contribution is 0.0358. The van der Waals surface area contributed by atoms with E-state index < -0.39 is 17.7 Å². The van der Waals surface area contributed by atoms with Crippen molar-refractivity contribution in [2.75, 3.05) is 44.8 Å². The predicted octanol–water partition coefficient (Wildman–Crippen LogP) is 3.06. The number of amides is 3. The van der Waals surface area contributed by atoms with Crippen LogP contribution in [-0.4, -0.2) is 112 Å². The largest absolute Gasteiger partial charge is 0.491 e. The number of hydrogen-bond donors (Lipinski definition) is 3. The molecule has 0 atom stereocenters. The highest BCUT2D eigenvalue weighted by Crippen LogP contribution is 2.30. The van der Waals surface area contributed by atoms with Crippen LogP contribution in [-0.2, 0) is 37.3 Å². The summed E-state index contributed by atoms with van der Waals surface area (Å²) in [6, 6.07) is 8.20. The summed E-state index contributed by atoms with van der Waals surface area (Å²) < 4.78 is 18.7. The predicted molar refractivity (Wildman–Crippen MR) is 222 cm³/mol. The quantitative estimate of drug-likeness (QED) is 0.0645. The molecule has 0 spiro atoms. The van der Waals surface area contributed by atoms with E-state index >= 15 is 0 Å². The Bertz CT molecular complexity index is 2610. The first-order valence-electron chi connectivity index (χ1n) is 19.9. The van der Waals surface area contributed by atoms with Gasteiger partial charge in [0, 0.05) is 57.6 Å². The minimum Gasteiger partial charge on any atom is -0.491 e. The number of pyridine rings is 1. The zero-order valence-corrected chi connectivity index (χ0v) is 34.2. The molecule has 0 unspecified atom stereocenters. The summed E-state index contributed by atoms with van der Waals surface area (Å²) in [5, 5.41) is 11.7. The van der Waals surface area contributed by atoms with E-state index in [-0.39, 0.29) is 42.4 Å². The van der Waals surface area contributed by atoms with Crippen molar-refractivity contribution in [2.24, 2.45) is 11.5 Å². The van der Waals surface area contributed by atoms with E-state index in [1.807, 2.05) is 44.4 Å². The second-order valence-corrected chi connectivity index (χ2v) is 14.5. The zero-order valence-electron chi connectivity index (χ0n) is 34.2. The van der Waals surface area contributed by atoms with Crippen molar-refractivity contribution >= 4 is 51.7 Å². The fourth-order valence-electron chi connectivity index (χ4n) is 7.31. The highest BCUT2D eigenvalue weighted by Gasteiger charge is 2.23. The molecule has 19 heteroatoms. The molecule has 19 nitrogen and oxygen atoms in total. The van der Waals surface area contributed by atoms with Gasteiger partial charge in [0.1, 0.15) is 34.0 Å². The minimum absolute atomic E-state index is 0.0572. The fraction of sp³-hybridized carbons (Fsp3) is 0.390. The van der Waals surface area contributed by atoms with Crippen molar-refractivity contribution in [1.29, 1.82) is 0 Å². The van der Waals surface area contributed by atoms with Crippen LogP contribution in [0.2, 0.25) is 0 Å². The molecule has 0 bridgehead atoms. The van der Waals surface area contributed by atoms with Crippen LogP contribution in [0.5, 0.6) is 5.75 Å². The van der Waals surface area contributed by atoms with Crippen molar-refractivity contribution in [3.63, 3.8) is 0 Å². The number of imidazole rings is 2. The number of ether oxygens (including phenoxy) is 2. The molecule has 60 heavy (non-hydrogen) atoms. The molecular formula is C41H49N13O6. The Morgan fingerprint density at radius 3 is 2.17 bits per heavy atom. The van der Waals surface area contributed by atoms with Gasteiger partial charge in [-0.25, -0.2) is 15.0 Å². The molecule has 1 fully saturated rings. The van der Waals surface area contributed by atoms with Crippen molar-refractivity contribution in [2.45, 2.75) is 66.7 Å². The van der Waals surface area contributed by atoms with Crippen LogP contribution in [0.1, 0.15) is 79.2 Å². The second kappa shape index (κ2) is 18.0. The molecule has 3 amide bonds. The number of ketones is 1. The lowest BCUT2D eigenvalue weighted by Crippen LogP contribution is -2.37. The first-order valence-corrected chi connectivity index (χ1v) is 19.9. The Labute approximate surface area is 345 Å². The van der Waals surface area contributed by atoms with Crippen LogP contribution in [0.15, 0.2) is 48.7 Å². The monoisotopic (exact) mass is 819 g/mol. The maximum Gasteiger partial charge on any atom is 0.276 e. The number of aryl methyl sites for hydroxylation is 4. The fourth-order valence-corrected chi connectivity index (χ4v) is 7.31. The van der Waals surface area contributed by atoms with Crippen LogP contribution in [0.4, 0.5) is 5.95 Å². The van der Waals surface area contributed by atoms with E-state index in [0.717, 1.165) is 31.7 Å². The number of anilines is 1. The summed E-state index contributed by atoms with van der Waals surface area (Å²) in [6.07, 6.45) is 5.80. The van der Waals surface area contributed by atoms with Gasteiger partial charge in [-0.15, -0.1) is 0 Å². The molecule has 0 radical (unpaired) electrons. The number of hydrogen-bond acceptors (Lipinski definition) is 12. The number of allylic oxidation sites excluding steroid dienone is 2. The number of rotatable bonds is 18. The molecule has 0 saturated carbocycles. The van der Waals surface area contributed by atoms with Crippen LogP contribution < -0.4 is 21.5 Å². The topological polar surface area (TPSA) is 238 Å². The van der Waals surface area contributed by atoms with Crippen LogP contribution in [0, 0.1) is 13.8 Å². The van der Waals surface area contributed by atoms with Gasteiger partial charge in [-0.2, -0.15) is 10.2 Å². The third-order valence-corrected chi connectivity index (χ3v) is 10.2. The average molecular weight is 820 g/mol. The summed E-state index contributed by atoms with van der Waals surface area (Å²) in [7, 11) is 0. The second-order valence-electron chi connectivity index (χ2n) is 14.5. The molecule has 1 saturated heterocycles. The number of benzene rings is 1. The van der Waals surface area contributed by atoms with Crippen molar-refractivity contribution in [1.82, 2.24) is 48.5 Å². The smallest absolute Gasteiger partial charge is 0.276 e. The van der Waals surface area contributed by atoms with Gasteiger partial charge in [-0.05, 0) is 64.4 Å². The van der Waals surface area contributed by atoms with Gasteiger partial charge in [0.25, 0.3) is 5.91 Å². The van der Waals surface area contributed by atoms with Gasteiger partial charge in [0.2, 0.25) is 17.8 Å². The number of morpholine rings is 1. The molecule has 6 aromatic rings. The highest BCUT2D eigenvalue weighted by atomic mass is 16.5. The van der Waals surface area contributed by atoms with Crippen molar-refractivity contribution in [3.05, 3.63) is 88.4 Å². The summed E-state index contributed by atoms with van der Waals surface area (Å²) >= 11 is 0. The SMILES string of the molecule is CCn1nc(C)cc1C(=O)Cc1nc2cc(C(N)=O)cc(OCCCN3CCOCC3)c2n1C/C=C/Cn1c(NC(=O)c2cc(C)nn2CC)nc2cc(C(N)=O)cnc21. The molecule has 1 aromatic carbocycles. The van der Waals surface area contributed by atoms with E-state index in [4.69, 9.17) is 25.9 Å². The summed E-state index contributed by atoms with van der Waals surface area (Å²) in [4.78, 5) is 68.2. The number of carbonyl (C=O) groups excluding carboxylic acids is 4. The number of Topliss-reactive ketones (excluding diaryl/α,β-unsaturated/α-hetero) is 1. The van der Waals surface area contributed by atoms with Crippen LogP contribution in [0.3, 0.4) is 0 Å². The lowest BCUT2D eigenvalue weighted by Gasteiger charge is -2.26. The normalized spacial score (nSPS) is 13.5. The van der Waals surface area contributed by atoms with E-state index in [0.29, 0.717) is 83.8 Å². The first kappa shape index (κ1) is 41.4. The number of fused-ring (bicyclic) bond motifs is 2. The molecule has 0 aliphatic carbocycles. The molecule has 6 heterocycles. The summed E-state index contributed by atoms with van der Waals surface area (Å²) in [5.74, 6) is -0.822. The van der Waals surface area contributed by atoms with E-state index in [2.05, 4.69) is 30.4 Å². The molecule has 1 aliphatic rings. The molecule has 5 aromatic heterocycles. The van der Waals surface area contributed by atoms with Crippen LogP contribution in [0.25, 0.3) is 22.2 Å². The zero-order chi connectivity index (χ0) is 42.5. The third-order valence-electron chi connectivity index (χ3n) is 10.2. The molecule has 5 N–H and O–H groups in total. The Morgan fingerprint density at radius 1 is 0.833 bits per heavy atom. The number of primary amides is 2. The maximum absolute atomic E-state index is 13.9. The molecule has 314 valence electrons. The third kappa shape index (κ3) is 8.96. The molecular weight excluding hydrogens is 771 g/mol. The van der Waals surface area contributed by atoms with Gasteiger partial charge in [0.05, 0.1) is 48.7 Å². The Balaban J connectivity index is 1.22. The lowest BCUT2D eigenvalue weighted by atomic mass is 10.1. The number of nitrogens with one attached hydrogen (secondary N) is 1. The standard InChI is InChI=1S/C41H49N13O6/c1-5-53-31(18-25(3)48-53)33(55)23-35-45-29-20-27(37(42)56)22-34(60-15-9-10-50-13-16-59-17-14-50)36(29)51(35)11-7-8-12-52-39-30(21-28(24-44-39)38(43)57)46-41(52)47-40(58)32-19-26(4)49-54(32)6-2/h7-8,18-22,24H,5-6,9-17,23H2,1-4H3,(H2,42,56)(H2,43,57)(H,46,47,58)/b8-7+.